The van der Waals surface area contributed by atoms with Crippen molar-refractivity contribution in [1.82, 2.24) is 4.90 Å². The number of hydrogen-bond acceptors (Lipinski definition) is 2. The SMILES string of the molecule is CCC(CC)N(CCO)C(=O)c1ccc(F)c(F)c1. The number of carbonyl (C=O) groups excluding carboxylic acids is 1. The Morgan fingerprint density at radius 2 is 1.89 bits per heavy atom. The van der Waals surface area contributed by atoms with Gasteiger partial charge in [-0.25, -0.2) is 8.78 Å². The van der Waals surface area contributed by atoms with Gasteiger partial charge in [0, 0.05) is 18.2 Å². The third-order valence-electron chi connectivity index (χ3n) is 3.15. The van der Waals surface area contributed by atoms with Crippen molar-refractivity contribution in [3.63, 3.8) is 0 Å². The standard InChI is InChI=1S/C14H19F2NO2/c1-3-11(4-2)17(7-8-18)14(19)10-5-6-12(15)13(16)9-10/h5-6,9,11,18H,3-4,7-8H2,1-2H3. The van der Waals surface area contributed by atoms with Crippen molar-refractivity contribution in [1.29, 1.82) is 0 Å². The van der Waals surface area contributed by atoms with E-state index in [-0.39, 0.29) is 30.7 Å². The Hall–Kier alpha value is -1.49. The number of amides is 1. The number of aliphatic hydroxyl groups excluding tert-OH is 1. The van der Waals surface area contributed by atoms with Crippen LogP contribution in [0.15, 0.2) is 18.2 Å². The van der Waals surface area contributed by atoms with Gasteiger partial charge in [-0.05, 0) is 31.0 Å². The van der Waals surface area contributed by atoms with Gasteiger partial charge in [0.2, 0.25) is 0 Å². The Morgan fingerprint density at radius 3 is 2.37 bits per heavy atom. The number of hydrogen-bond donors (Lipinski definition) is 1. The van der Waals surface area contributed by atoms with Gasteiger partial charge in [-0.3, -0.25) is 4.79 Å². The summed E-state index contributed by atoms with van der Waals surface area (Å²) in [5.41, 5.74) is 0.0965. The first-order valence-corrected chi connectivity index (χ1v) is 6.42. The molecule has 0 saturated carbocycles. The molecule has 1 aromatic rings. The maximum atomic E-state index is 13.2. The molecule has 3 nitrogen and oxygen atoms in total. The lowest BCUT2D eigenvalue weighted by Gasteiger charge is -2.30. The van der Waals surface area contributed by atoms with Gasteiger partial charge in [0.1, 0.15) is 0 Å². The first-order chi connectivity index (χ1) is 9.04. The van der Waals surface area contributed by atoms with Gasteiger partial charge < -0.3 is 10.0 Å². The summed E-state index contributed by atoms with van der Waals surface area (Å²) < 4.78 is 26.0. The first kappa shape index (κ1) is 15.6. The summed E-state index contributed by atoms with van der Waals surface area (Å²) >= 11 is 0. The van der Waals surface area contributed by atoms with Crippen molar-refractivity contribution in [2.24, 2.45) is 0 Å². The molecule has 1 amide bonds. The van der Waals surface area contributed by atoms with E-state index in [0.717, 1.165) is 25.0 Å². The van der Waals surface area contributed by atoms with Crippen molar-refractivity contribution in [2.45, 2.75) is 32.7 Å². The van der Waals surface area contributed by atoms with E-state index in [1.54, 1.807) is 0 Å². The van der Waals surface area contributed by atoms with E-state index in [1.165, 1.54) is 11.0 Å². The smallest absolute Gasteiger partial charge is 0.254 e. The first-order valence-electron chi connectivity index (χ1n) is 6.42. The zero-order chi connectivity index (χ0) is 14.4. The van der Waals surface area contributed by atoms with Crippen LogP contribution in [0.2, 0.25) is 0 Å². The molecule has 0 aromatic heterocycles. The lowest BCUT2D eigenvalue weighted by Crippen LogP contribution is -2.41. The minimum absolute atomic E-state index is 0.0206. The topological polar surface area (TPSA) is 40.5 Å². The summed E-state index contributed by atoms with van der Waals surface area (Å²) in [5.74, 6) is -2.41. The second-order valence-electron chi connectivity index (χ2n) is 4.32. The van der Waals surface area contributed by atoms with E-state index in [1.807, 2.05) is 13.8 Å². The summed E-state index contributed by atoms with van der Waals surface area (Å²) in [6, 6.07) is 3.07. The summed E-state index contributed by atoms with van der Waals surface area (Å²) in [7, 11) is 0. The molecule has 0 aliphatic heterocycles. The number of benzene rings is 1. The van der Waals surface area contributed by atoms with Crippen LogP contribution in [0.3, 0.4) is 0 Å². The zero-order valence-corrected chi connectivity index (χ0v) is 11.2. The molecular formula is C14H19F2NO2. The van der Waals surface area contributed by atoms with Crippen LogP contribution in [0, 0.1) is 11.6 Å². The normalized spacial score (nSPS) is 10.8. The molecule has 0 unspecified atom stereocenters. The highest BCUT2D eigenvalue weighted by atomic mass is 19.2. The second kappa shape index (κ2) is 7.19. The van der Waals surface area contributed by atoms with Gasteiger partial charge in [0.25, 0.3) is 5.91 Å². The predicted octanol–water partition coefficient (Wildman–Crippen LogP) is 2.59. The molecule has 1 rings (SSSR count). The van der Waals surface area contributed by atoms with Gasteiger partial charge in [-0.15, -0.1) is 0 Å². The van der Waals surface area contributed by atoms with E-state index in [9.17, 15) is 13.6 Å². The van der Waals surface area contributed by atoms with E-state index < -0.39 is 11.6 Å². The Morgan fingerprint density at radius 1 is 1.26 bits per heavy atom. The van der Waals surface area contributed by atoms with Gasteiger partial charge in [0.15, 0.2) is 11.6 Å². The molecule has 0 heterocycles. The van der Waals surface area contributed by atoms with Crippen molar-refractivity contribution in [2.75, 3.05) is 13.2 Å². The minimum Gasteiger partial charge on any atom is -0.395 e. The van der Waals surface area contributed by atoms with Crippen LogP contribution < -0.4 is 0 Å². The van der Waals surface area contributed by atoms with Crippen molar-refractivity contribution in [3.05, 3.63) is 35.4 Å². The van der Waals surface area contributed by atoms with E-state index in [2.05, 4.69) is 0 Å². The molecule has 0 radical (unpaired) electrons. The van der Waals surface area contributed by atoms with Crippen molar-refractivity contribution >= 4 is 5.91 Å². The number of halogens is 2. The molecule has 0 atom stereocenters. The lowest BCUT2D eigenvalue weighted by atomic mass is 10.1. The van der Waals surface area contributed by atoms with Crippen LogP contribution in [-0.2, 0) is 0 Å². The predicted molar refractivity (Wildman–Crippen MR) is 68.9 cm³/mol. The minimum atomic E-state index is -1.04. The molecule has 0 bridgehead atoms. The average Bonchev–Trinajstić information content (AvgIpc) is 2.41. The Balaban J connectivity index is 3.01. The fraction of sp³-hybridized carbons (Fsp3) is 0.500. The maximum Gasteiger partial charge on any atom is 0.254 e. The summed E-state index contributed by atoms with van der Waals surface area (Å²) in [4.78, 5) is 13.8. The average molecular weight is 271 g/mol. The Labute approximate surface area is 111 Å². The molecule has 0 fully saturated rings. The molecule has 1 aromatic carbocycles. The van der Waals surface area contributed by atoms with E-state index in [0.29, 0.717) is 0 Å². The number of carbonyl (C=O) groups is 1. The molecule has 106 valence electrons. The van der Waals surface area contributed by atoms with Crippen LogP contribution in [0.25, 0.3) is 0 Å². The number of nitrogens with zero attached hydrogens (tertiary/aromatic N) is 1. The number of rotatable bonds is 6. The fourth-order valence-corrected chi connectivity index (χ4v) is 2.08. The zero-order valence-electron chi connectivity index (χ0n) is 11.2. The Bertz CT molecular complexity index is 433. The lowest BCUT2D eigenvalue weighted by molar-refractivity contribution is 0.0621. The highest BCUT2D eigenvalue weighted by Crippen LogP contribution is 2.15. The van der Waals surface area contributed by atoms with Gasteiger partial charge >= 0.3 is 0 Å². The number of aliphatic hydroxyl groups is 1. The maximum absolute atomic E-state index is 13.2. The fourth-order valence-electron chi connectivity index (χ4n) is 2.08. The van der Waals surface area contributed by atoms with Crippen LogP contribution in [0.4, 0.5) is 8.78 Å². The van der Waals surface area contributed by atoms with Crippen LogP contribution in [0.1, 0.15) is 37.0 Å². The van der Waals surface area contributed by atoms with Crippen molar-refractivity contribution < 1.29 is 18.7 Å². The van der Waals surface area contributed by atoms with Crippen LogP contribution >= 0.6 is 0 Å². The van der Waals surface area contributed by atoms with Crippen LogP contribution in [-0.4, -0.2) is 35.1 Å². The third kappa shape index (κ3) is 3.73. The molecule has 5 heteroatoms. The Kier molecular flexibility index (Phi) is 5.89. The molecule has 0 spiro atoms. The largest absolute Gasteiger partial charge is 0.395 e. The highest BCUT2D eigenvalue weighted by Gasteiger charge is 2.22. The molecule has 0 saturated heterocycles. The molecule has 1 N–H and O–H groups in total. The molecule has 19 heavy (non-hydrogen) atoms. The van der Waals surface area contributed by atoms with E-state index in [4.69, 9.17) is 5.11 Å². The summed E-state index contributed by atoms with van der Waals surface area (Å²) in [6.45, 7) is 3.91. The molecule has 0 aliphatic rings. The second-order valence-corrected chi connectivity index (χ2v) is 4.32. The highest BCUT2D eigenvalue weighted by molar-refractivity contribution is 5.94. The summed E-state index contributed by atoms with van der Waals surface area (Å²) in [6.07, 6.45) is 1.48. The van der Waals surface area contributed by atoms with Crippen LogP contribution in [0.5, 0.6) is 0 Å². The van der Waals surface area contributed by atoms with Gasteiger partial charge in [-0.1, -0.05) is 13.8 Å². The van der Waals surface area contributed by atoms with Gasteiger partial charge in [0.05, 0.1) is 6.61 Å². The van der Waals surface area contributed by atoms with Gasteiger partial charge in [-0.2, -0.15) is 0 Å². The summed E-state index contributed by atoms with van der Waals surface area (Å²) in [5, 5.41) is 9.04. The third-order valence-corrected chi connectivity index (χ3v) is 3.15. The molecular weight excluding hydrogens is 252 g/mol. The van der Waals surface area contributed by atoms with E-state index >= 15 is 0 Å². The monoisotopic (exact) mass is 271 g/mol. The molecule has 0 aliphatic carbocycles. The van der Waals surface area contributed by atoms with Crippen molar-refractivity contribution in [3.8, 4) is 0 Å². The quantitative estimate of drug-likeness (QED) is 0.864.